The number of hydrogen-bond acceptors (Lipinski definition) is 6. The molecule has 3 aromatic rings. The van der Waals surface area contributed by atoms with Crippen molar-refractivity contribution in [3.05, 3.63) is 77.5 Å². The lowest BCUT2D eigenvalue weighted by Gasteiger charge is -2.28. The number of nitrogens with one attached hydrogen (secondary N) is 1. The summed E-state index contributed by atoms with van der Waals surface area (Å²) in [6.07, 6.45) is 1.80. The Kier molecular flexibility index (Phi) is 6.94. The number of anilines is 2. The van der Waals surface area contributed by atoms with E-state index in [1.165, 1.54) is 0 Å². The molecule has 0 saturated carbocycles. The second-order valence-corrected chi connectivity index (χ2v) is 8.53. The van der Waals surface area contributed by atoms with E-state index in [-0.39, 0.29) is 11.7 Å². The minimum absolute atomic E-state index is 0.122. The number of benzene rings is 2. The first-order chi connectivity index (χ1) is 15.5. The van der Waals surface area contributed by atoms with Gasteiger partial charge < -0.3 is 19.5 Å². The highest BCUT2D eigenvalue weighted by Crippen LogP contribution is 2.29. The number of aryl methyl sites for hydroxylation is 1. The number of carbonyl (C=O) groups excluding carboxylic acids is 1. The number of nitrogens with zero attached hydrogens (tertiary/aromatic N) is 2. The van der Waals surface area contributed by atoms with E-state index in [0.717, 1.165) is 35.6 Å². The Bertz CT molecular complexity index is 1150. The van der Waals surface area contributed by atoms with Gasteiger partial charge in [0.15, 0.2) is 0 Å². The highest BCUT2D eigenvalue weighted by atomic mass is 32.2. The van der Waals surface area contributed by atoms with Gasteiger partial charge in [0.1, 0.15) is 5.82 Å². The first kappa shape index (κ1) is 22.1. The molecule has 1 aromatic heterocycles. The van der Waals surface area contributed by atoms with Crippen LogP contribution in [0.15, 0.2) is 60.8 Å². The standard InChI is InChI=1S/C24H25N3O4S/c1-17-5-6-21(26-24(28)20-4-2-3-18(13-20)16-32(29)30)15-22(17)19-7-8-25-23(14-19)27-9-11-31-12-10-27/h2-8,13-15H,9-12,16H2,1H3,(H,26,28)(H,29,30)/p-1. The van der Waals surface area contributed by atoms with Crippen LogP contribution in [0.1, 0.15) is 21.5 Å². The van der Waals surface area contributed by atoms with Crippen molar-refractivity contribution in [3.8, 4) is 11.1 Å². The van der Waals surface area contributed by atoms with Gasteiger partial charge in [0.25, 0.3) is 5.91 Å². The molecule has 0 aliphatic carbocycles. The summed E-state index contributed by atoms with van der Waals surface area (Å²) in [5, 5.41) is 2.92. The second-order valence-electron chi connectivity index (χ2n) is 7.63. The van der Waals surface area contributed by atoms with Crippen LogP contribution in [-0.2, 0) is 21.6 Å². The summed E-state index contributed by atoms with van der Waals surface area (Å²) < 4.78 is 27.3. The summed E-state index contributed by atoms with van der Waals surface area (Å²) >= 11 is -2.20. The Morgan fingerprint density at radius 3 is 2.75 bits per heavy atom. The van der Waals surface area contributed by atoms with Gasteiger partial charge in [-0.2, -0.15) is 0 Å². The zero-order valence-electron chi connectivity index (χ0n) is 17.7. The monoisotopic (exact) mass is 450 g/mol. The molecule has 0 bridgehead atoms. The number of ether oxygens (including phenoxy) is 1. The van der Waals surface area contributed by atoms with Crippen LogP contribution in [0.4, 0.5) is 11.5 Å². The minimum Gasteiger partial charge on any atom is -0.772 e. The zero-order valence-corrected chi connectivity index (χ0v) is 18.6. The molecule has 1 fully saturated rings. The molecule has 32 heavy (non-hydrogen) atoms. The number of pyridine rings is 1. The molecule has 1 aliphatic heterocycles. The van der Waals surface area contributed by atoms with Gasteiger partial charge in [-0.25, -0.2) is 4.98 Å². The molecular formula is C24H24N3O4S-. The Morgan fingerprint density at radius 1 is 1.16 bits per heavy atom. The maximum absolute atomic E-state index is 12.8. The van der Waals surface area contributed by atoms with Gasteiger partial charge in [-0.1, -0.05) is 29.3 Å². The third-order valence-corrected chi connectivity index (χ3v) is 5.93. The van der Waals surface area contributed by atoms with Crippen molar-refractivity contribution in [3.63, 3.8) is 0 Å². The summed E-state index contributed by atoms with van der Waals surface area (Å²) in [6, 6.07) is 16.4. The normalized spacial score (nSPS) is 14.8. The zero-order chi connectivity index (χ0) is 22.5. The highest BCUT2D eigenvalue weighted by Gasteiger charge is 2.14. The third-order valence-electron chi connectivity index (χ3n) is 5.36. The first-order valence-electron chi connectivity index (χ1n) is 10.4. The third kappa shape index (κ3) is 5.40. The topological polar surface area (TPSA) is 94.6 Å². The van der Waals surface area contributed by atoms with E-state index < -0.39 is 11.1 Å². The fraction of sp³-hybridized carbons (Fsp3) is 0.250. The van der Waals surface area contributed by atoms with E-state index in [2.05, 4.69) is 21.3 Å². The fourth-order valence-corrected chi connectivity index (χ4v) is 4.16. The molecule has 2 heterocycles. The molecule has 1 N–H and O–H groups in total. The van der Waals surface area contributed by atoms with Crippen LogP contribution >= 0.6 is 0 Å². The number of morpholine rings is 1. The Morgan fingerprint density at radius 2 is 1.97 bits per heavy atom. The molecule has 1 unspecified atom stereocenters. The molecule has 1 aliphatic rings. The van der Waals surface area contributed by atoms with Gasteiger partial charge in [-0.15, -0.1) is 0 Å². The number of aromatic nitrogens is 1. The summed E-state index contributed by atoms with van der Waals surface area (Å²) in [4.78, 5) is 19.5. The summed E-state index contributed by atoms with van der Waals surface area (Å²) in [6.45, 7) is 5.04. The Hall–Kier alpha value is -3.07. The molecule has 1 saturated heterocycles. The van der Waals surface area contributed by atoms with Crippen molar-refractivity contribution in [1.29, 1.82) is 0 Å². The van der Waals surface area contributed by atoms with E-state index in [9.17, 15) is 13.6 Å². The molecule has 0 radical (unpaired) electrons. The molecule has 1 atom stereocenters. The van der Waals surface area contributed by atoms with E-state index in [1.807, 2.05) is 31.2 Å². The quantitative estimate of drug-likeness (QED) is 0.578. The maximum Gasteiger partial charge on any atom is 0.255 e. The van der Waals surface area contributed by atoms with E-state index in [0.29, 0.717) is 30.0 Å². The van der Waals surface area contributed by atoms with Gasteiger partial charge in [0, 0.05) is 36.3 Å². The smallest absolute Gasteiger partial charge is 0.255 e. The van der Waals surface area contributed by atoms with Crippen molar-refractivity contribution in [2.45, 2.75) is 12.7 Å². The maximum atomic E-state index is 12.8. The molecular weight excluding hydrogens is 426 g/mol. The van der Waals surface area contributed by atoms with Gasteiger partial charge in [0.2, 0.25) is 0 Å². The Balaban J connectivity index is 1.56. The van der Waals surface area contributed by atoms with E-state index >= 15 is 0 Å². The van der Waals surface area contributed by atoms with Crippen LogP contribution in [-0.4, -0.2) is 46.0 Å². The molecule has 0 spiro atoms. The van der Waals surface area contributed by atoms with Gasteiger partial charge in [-0.3, -0.25) is 9.00 Å². The lowest BCUT2D eigenvalue weighted by Crippen LogP contribution is -2.36. The lowest BCUT2D eigenvalue weighted by molar-refractivity contribution is 0.102. The first-order valence-corrected chi connectivity index (χ1v) is 11.6. The van der Waals surface area contributed by atoms with Crippen LogP contribution in [0.3, 0.4) is 0 Å². The largest absolute Gasteiger partial charge is 0.772 e. The SMILES string of the molecule is Cc1ccc(NC(=O)c2cccc(CS(=O)[O-])c2)cc1-c1ccnc(N2CCOCC2)c1. The van der Waals surface area contributed by atoms with Crippen molar-refractivity contribution in [2.24, 2.45) is 0 Å². The summed E-state index contributed by atoms with van der Waals surface area (Å²) in [5.41, 5.74) is 4.77. The average molecular weight is 451 g/mol. The van der Waals surface area contributed by atoms with Gasteiger partial charge >= 0.3 is 0 Å². The van der Waals surface area contributed by atoms with Crippen molar-refractivity contribution >= 4 is 28.5 Å². The Labute approximate surface area is 189 Å². The van der Waals surface area contributed by atoms with Gasteiger partial charge in [-0.05, 0) is 65.6 Å². The van der Waals surface area contributed by atoms with E-state index in [4.69, 9.17) is 4.74 Å². The van der Waals surface area contributed by atoms with E-state index in [1.54, 1.807) is 30.5 Å². The van der Waals surface area contributed by atoms with Crippen LogP contribution in [0.5, 0.6) is 0 Å². The number of amides is 1. The molecule has 1 amide bonds. The van der Waals surface area contributed by atoms with Crippen LogP contribution < -0.4 is 10.2 Å². The average Bonchev–Trinajstić information content (AvgIpc) is 2.81. The van der Waals surface area contributed by atoms with Crippen LogP contribution in [0, 0.1) is 6.92 Å². The predicted molar refractivity (Wildman–Crippen MR) is 124 cm³/mol. The lowest BCUT2D eigenvalue weighted by atomic mass is 10.0. The predicted octanol–water partition coefficient (Wildman–Crippen LogP) is 3.53. The minimum atomic E-state index is -2.20. The number of carbonyl (C=O) groups is 1. The summed E-state index contributed by atoms with van der Waals surface area (Å²) in [7, 11) is 0. The molecule has 7 nitrogen and oxygen atoms in total. The highest BCUT2D eigenvalue weighted by molar-refractivity contribution is 7.78. The van der Waals surface area contributed by atoms with Crippen molar-refractivity contribution in [2.75, 3.05) is 36.5 Å². The van der Waals surface area contributed by atoms with Crippen molar-refractivity contribution < 1.29 is 18.3 Å². The molecule has 8 heteroatoms. The summed E-state index contributed by atoms with van der Waals surface area (Å²) in [5.74, 6) is 0.498. The molecule has 4 rings (SSSR count). The number of rotatable bonds is 6. The van der Waals surface area contributed by atoms with Crippen LogP contribution in [0.2, 0.25) is 0 Å². The fourth-order valence-electron chi connectivity index (χ4n) is 3.70. The second kappa shape index (κ2) is 10.0. The van der Waals surface area contributed by atoms with Crippen molar-refractivity contribution in [1.82, 2.24) is 4.98 Å². The number of hydrogen-bond donors (Lipinski definition) is 1. The molecule has 2 aromatic carbocycles. The van der Waals surface area contributed by atoms with Crippen LogP contribution in [0.25, 0.3) is 11.1 Å². The molecule has 166 valence electrons. The van der Waals surface area contributed by atoms with Gasteiger partial charge in [0.05, 0.1) is 13.2 Å².